The van der Waals surface area contributed by atoms with Gasteiger partial charge in [-0.1, -0.05) is 12.1 Å². The van der Waals surface area contributed by atoms with Gasteiger partial charge in [-0.15, -0.1) is 0 Å². The molecule has 1 aromatic rings. The lowest BCUT2D eigenvalue weighted by atomic mass is 9.93. The van der Waals surface area contributed by atoms with Crippen molar-refractivity contribution in [2.24, 2.45) is 20.7 Å². The highest BCUT2D eigenvalue weighted by atomic mass is 127. The molecule has 1 aromatic carbocycles. The maximum atomic E-state index is 10.6. The third kappa shape index (κ3) is 3.68. The fourth-order valence-electron chi connectivity index (χ4n) is 4.05. The van der Waals surface area contributed by atoms with Crippen LogP contribution in [0, 0.1) is 3.57 Å². The second-order valence-electron chi connectivity index (χ2n) is 7.51. The van der Waals surface area contributed by atoms with Gasteiger partial charge in [0.05, 0.1) is 6.10 Å². The van der Waals surface area contributed by atoms with Gasteiger partial charge >= 0.3 is 0 Å². The van der Waals surface area contributed by atoms with E-state index in [1.165, 1.54) is 6.34 Å². The lowest BCUT2D eigenvalue weighted by Crippen LogP contribution is -2.57. The predicted octanol–water partition coefficient (Wildman–Crippen LogP) is -1.33. The summed E-state index contributed by atoms with van der Waals surface area (Å²) in [6.45, 7) is 0.0996. The molecule has 30 heavy (non-hydrogen) atoms. The van der Waals surface area contributed by atoms with E-state index in [0.717, 1.165) is 9.13 Å². The van der Waals surface area contributed by atoms with Gasteiger partial charge in [0.1, 0.15) is 37.0 Å². The highest BCUT2D eigenvalue weighted by Gasteiger charge is 2.52. The van der Waals surface area contributed by atoms with Crippen LogP contribution >= 0.6 is 22.6 Å². The van der Waals surface area contributed by atoms with Crippen molar-refractivity contribution < 1.29 is 20.1 Å². The molecule has 0 amide bonds. The highest BCUT2D eigenvalue weighted by Crippen LogP contribution is 2.31. The Labute approximate surface area is 187 Å². The molecule has 11 heteroatoms. The summed E-state index contributed by atoms with van der Waals surface area (Å²) in [6.07, 6.45) is -3.46. The standard InChI is InChI=1S/C19H25IN6O4/c1-22-19(6-10-3-2-4-11(20)5-10)16-17(23-8-25-19)26(9-24-16)18-14(29)13(28)15(30-18)12(27)7-21/h2-5,8,12-15,18,22,27-29H,6-7,9,21H2,1H3/t12?,13-,14+,15+,18+,19?/m0/s1. The third-order valence-corrected chi connectivity index (χ3v) is 6.35. The summed E-state index contributed by atoms with van der Waals surface area (Å²) in [5.74, 6) is 0.518. The molecule has 0 aromatic heterocycles. The van der Waals surface area contributed by atoms with Gasteiger partial charge in [-0.05, 0) is 47.3 Å². The SMILES string of the molecule is CNC1(Cc2cccc(I)c2)N=CN=C2C1=NCN2[C@@H]1O[C@H](C(O)CN)[C@@H](O)[C@H]1O. The molecule has 3 aliphatic rings. The number of likely N-dealkylation sites (N-methyl/N-ethyl adjacent to an activating group) is 1. The van der Waals surface area contributed by atoms with Crippen LogP contribution in [0.15, 0.2) is 39.2 Å². The maximum Gasteiger partial charge on any atom is 0.162 e. The summed E-state index contributed by atoms with van der Waals surface area (Å²) >= 11 is 2.27. The Morgan fingerprint density at radius 2 is 2.20 bits per heavy atom. The molecule has 2 unspecified atom stereocenters. The number of aliphatic hydroxyl groups excluding tert-OH is 3. The molecule has 4 rings (SSSR count). The van der Waals surface area contributed by atoms with Gasteiger partial charge < -0.3 is 30.7 Å². The maximum absolute atomic E-state index is 10.6. The zero-order chi connectivity index (χ0) is 21.5. The van der Waals surface area contributed by atoms with Gasteiger partial charge in [-0.3, -0.25) is 10.3 Å². The van der Waals surface area contributed by atoms with Crippen LogP contribution in [0.4, 0.5) is 0 Å². The molecule has 0 radical (unpaired) electrons. The van der Waals surface area contributed by atoms with Gasteiger partial charge in [0.25, 0.3) is 0 Å². The fourth-order valence-corrected chi connectivity index (χ4v) is 4.66. The van der Waals surface area contributed by atoms with Gasteiger partial charge in [-0.2, -0.15) is 0 Å². The minimum absolute atomic E-state index is 0.0880. The molecule has 3 aliphatic heterocycles. The Morgan fingerprint density at radius 3 is 2.90 bits per heavy atom. The number of benzene rings is 1. The van der Waals surface area contributed by atoms with E-state index in [-0.39, 0.29) is 13.2 Å². The Kier molecular flexibility index (Phi) is 6.21. The van der Waals surface area contributed by atoms with E-state index >= 15 is 0 Å². The van der Waals surface area contributed by atoms with Crippen molar-refractivity contribution in [1.82, 2.24) is 10.2 Å². The number of halogens is 1. The monoisotopic (exact) mass is 528 g/mol. The van der Waals surface area contributed by atoms with Crippen molar-refractivity contribution in [2.45, 2.75) is 42.7 Å². The molecule has 6 atom stereocenters. The van der Waals surface area contributed by atoms with Crippen LogP contribution in [0.5, 0.6) is 0 Å². The zero-order valence-electron chi connectivity index (χ0n) is 16.4. The number of nitrogens with two attached hydrogens (primary N) is 1. The lowest BCUT2D eigenvalue weighted by molar-refractivity contribution is -0.0916. The number of hydrogen-bond acceptors (Lipinski definition) is 10. The van der Waals surface area contributed by atoms with Crippen LogP contribution in [0.2, 0.25) is 0 Å². The molecule has 1 fully saturated rings. The molecule has 0 aliphatic carbocycles. The molecule has 10 nitrogen and oxygen atoms in total. The molecule has 1 saturated heterocycles. The van der Waals surface area contributed by atoms with Gasteiger partial charge in [0.15, 0.2) is 17.7 Å². The number of fused-ring (bicyclic) bond motifs is 1. The molecule has 0 saturated carbocycles. The topological polar surface area (TPSA) is 148 Å². The van der Waals surface area contributed by atoms with Crippen LogP contribution in [0.1, 0.15) is 5.56 Å². The molecule has 162 valence electrons. The molecule has 3 heterocycles. The van der Waals surface area contributed by atoms with Crippen molar-refractivity contribution in [3.8, 4) is 0 Å². The summed E-state index contributed by atoms with van der Waals surface area (Å²) in [4.78, 5) is 15.3. The average Bonchev–Trinajstić information content (AvgIpc) is 3.30. The van der Waals surface area contributed by atoms with E-state index < -0.39 is 36.3 Å². The van der Waals surface area contributed by atoms with Crippen molar-refractivity contribution in [3.05, 3.63) is 33.4 Å². The number of aliphatic imine (C=N–C) groups is 3. The normalized spacial score (nSPS) is 34.0. The molecule has 0 bridgehead atoms. The minimum Gasteiger partial charge on any atom is -0.389 e. The summed E-state index contributed by atoms with van der Waals surface area (Å²) in [5, 5.41) is 34.2. The Hall–Kier alpha value is -1.48. The second-order valence-corrected chi connectivity index (χ2v) is 8.75. The second kappa shape index (κ2) is 8.57. The summed E-state index contributed by atoms with van der Waals surface area (Å²) in [6, 6.07) is 8.15. The number of nitrogens with zero attached hydrogens (tertiary/aromatic N) is 4. The summed E-state index contributed by atoms with van der Waals surface area (Å²) in [5.41, 5.74) is 6.41. The Bertz CT molecular complexity index is 896. The van der Waals surface area contributed by atoms with Crippen molar-refractivity contribution >= 4 is 40.5 Å². The van der Waals surface area contributed by atoms with Crippen LogP contribution in [0.3, 0.4) is 0 Å². The first kappa shape index (κ1) is 21.7. The Balaban J connectivity index is 1.59. The van der Waals surface area contributed by atoms with Crippen LogP contribution < -0.4 is 11.1 Å². The van der Waals surface area contributed by atoms with E-state index in [9.17, 15) is 15.3 Å². The summed E-state index contributed by atoms with van der Waals surface area (Å²) < 4.78 is 6.91. The quantitative estimate of drug-likeness (QED) is 0.288. The lowest BCUT2D eigenvalue weighted by Gasteiger charge is -2.34. The summed E-state index contributed by atoms with van der Waals surface area (Å²) in [7, 11) is 1.82. The number of nitrogens with one attached hydrogen (secondary N) is 1. The largest absolute Gasteiger partial charge is 0.389 e. The molecule has 6 N–H and O–H groups in total. The van der Waals surface area contributed by atoms with Gasteiger partial charge in [-0.25, -0.2) is 9.98 Å². The van der Waals surface area contributed by atoms with Crippen LogP contribution in [-0.2, 0) is 11.2 Å². The zero-order valence-corrected chi connectivity index (χ0v) is 18.5. The van der Waals surface area contributed by atoms with E-state index in [2.05, 4.69) is 49.0 Å². The number of rotatable bonds is 6. The van der Waals surface area contributed by atoms with Crippen LogP contribution in [0.25, 0.3) is 0 Å². The Morgan fingerprint density at radius 1 is 1.40 bits per heavy atom. The fraction of sp³-hybridized carbons (Fsp3) is 0.526. The molecule has 0 spiro atoms. The number of hydrogen-bond donors (Lipinski definition) is 5. The third-order valence-electron chi connectivity index (χ3n) is 5.68. The van der Waals surface area contributed by atoms with Crippen molar-refractivity contribution in [2.75, 3.05) is 20.3 Å². The first-order valence-electron chi connectivity index (χ1n) is 9.66. The number of aliphatic hydroxyl groups is 3. The first-order valence-corrected chi connectivity index (χ1v) is 10.7. The van der Waals surface area contributed by atoms with Crippen LogP contribution in [-0.4, -0.2) is 94.7 Å². The van der Waals surface area contributed by atoms with E-state index in [1.54, 1.807) is 4.90 Å². The van der Waals surface area contributed by atoms with E-state index in [0.29, 0.717) is 18.0 Å². The van der Waals surface area contributed by atoms with Crippen molar-refractivity contribution in [1.29, 1.82) is 0 Å². The van der Waals surface area contributed by atoms with Gasteiger partial charge in [0, 0.05) is 16.5 Å². The van der Waals surface area contributed by atoms with Gasteiger partial charge in [0.2, 0.25) is 0 Å². The predicted molar refractivity (Wildman–Crippen MR) is 120 cm³/mol. The highest BCUT2D eigenvalue weighted by molar-refractivity contribution is 14.1. The molecular weight excluding hydrogens is 503 g/mol. The average molecular weight is 528 g/mol. The number of amidine groups is 1. The van der Waals surface area contributed by atoms with E-state index in [1.807, 2.05) is 25.2 Å². The number of ether oxygens (including phenoxy) is 1. The molecular formula is C19H25IN6O4. The minimum atomic E-state index is -1.27. The first-order chi connectivity index (χ1) is 14.4. The van der Waals surface area contributed by atoms with E-state index in [4.69, 9.17) is 10.5 Å². The smallest absolute Gasteiger partial charge is 0.162 e. The van der Waals surface area contributed by atoms with Crippen molar-refractivity contribution in [3.63, 3.8) is 0 Å².